The standard InChI is InChI=1S/C22H27FN2/c1-14-7-8-18(9-15(14)2)24-13-17-10-19-16(3)12-22(4,5)25(6)21(19)11-20(17)23/h7-11,13,16H,12H2,1-6H3. The van der Waals surface area contributed by atoms with Crippen molar-refractivity contribution in [1.82, 2.24) is 0 Å². The van der Waals surface area contributed by atoms with Gasteiger partial charge in [0.15, 0.2) is 0 Å². The zero-order chi connectivity index (χ0) is 18.4. The van der Waals surface area contributed by atoms with E-state index in [1.54, 1.807) is 12.3 Å². The molecule has 1 heterocycles. The van der Waals surface area contributed by atoms with E-state index >= 15 is 0 Å². The molecule has 0 bridgehead atoms. The van der Waals surface area contributed by atoms with Gasteiger partial charge in [0.2, 0.25) is 0 Å². The van der Waals surface area contributed by atoms with Crippen LogP contribution in [-0.2, 0) is 0 Å². The number of aliphatic imine (C=N–C) groups is 1. The molecule has 2 aromatic rings. The molecule has 3 rings (SSSR count). The molecular formula is C22H27FN2. The first kappa shape index (κ1) is 17.7. The second-order valence-corrected chi connectivity index (χ2v) is 7.94. The normalized spacial score (nSPS) is 19.3. The van der Waals surface area contributed by atoms with Gasteiger partial charge in [0, 0.05) is 30.1 Å². The summed E-state index contributed by atoms with van der Waals surface area (Å²) < 4.78 is 14.7. The van der Waals surface area contributed by atoms with E-state index < -0.39 is 0 Å². The summed E-state index contributed by atoms with van der Waals surface area (Å²) in [6, 6.07) is 9.67. The molecule has 2 aromatic carbocycles. The molecule has 0 aliphatic carbocycles. The van der Waals surface area contributed by atoms with Crippen LogP contribution in [0.15, 0.2) is 35.3 Å². The van der Waals surface area contributed by atoms with Gasteiger partial charge in [0.05, 0.1) is 5.69 Å². The van der Waals surface area contributed by atoms with Crippen LogP contribution in [-0.4, -0.2) is 18.8 Å². The van der Waals surface area contributed by atoms with E-state index in [4.69, 9.17) is 0 Å². The summed E-state index contributed by atoms with van der Waals surface area (Å²) in [7, 11) is 2.05. The van der Waals surface area contributed by atoms with Gasteiger partial charge in [-0.3, -0.25) is 4.99 Å². The van der Waals surface area contributed by atoms with Crippen LogP contribution in [0.2, 0.25) is 0 Å². The molecule has 0 spiro atoms. The quantitative estimate of drug-likeness (QED) is 0.621. The molecule has 0 N–H and O–H groups in total. The Morgan fingerprint density at radius 1 is 1.16 bits per heavy atom. The number of aryl methyl sites for hydroxylation is 2. The molecule has 25 heavy (non-hydrogen) atoms. The van der Waals surface area contributed by atoms with Crippen molar-refractivity contribution < 1.29 is 4.39 Å². The van der Waals surface area contributed by atoms with Crippen LogP contribution in [0.5, 0.6) is 0 Å². The molecule has 3 heteroatoms. The van der Waals surface area contributed by atoms with Crippen molar-refractivity contribution in [3.05, 3.63) is 58.4 Å². The maximum absolute atomic E-state index is 14.7. The zero-order valence-electron chi connectivity index (χ0n) is 16.0. The van der Waals surface area contributed by atoms with Crippen LogP contribution >= 0.6 is 0 Å². The van der Waals surface area contributed by atoms with Gasteiger partial charge in [-0.2, -0.15) is 0 Å². The van der Waals surface area contributed by atoms with Crippen LogP contribution in [0.4, 0.5) is 15.8 Å². The van der Waals surface area contributed by atoms with E-state index in [-0.39, 0.29) is 11.4 Å². The second kappa shape index (κ2) is 6.29. The molecule has 1 atom stereocenters. The molecule has 0 fully saturated rings. The summed E-state index contributed by atoms with van der Waals surface area (Å²) in [5.41, 5.74) is 6.06. The fourth-order valence-corrected chi connectivity index (χ4v) is 3.65. The lowest BCUT2D eigenvalue weighted by molar-refractivity contribution is 0.394. The summed E-state index contributed by atoms with van der Waals surface area (Å²) in [5, 5.41) is 0. The number of anilines is 1. The summed E-state index contributed by atoms with van der Waals surface area (Å²) in [5.74, 6) is 0.179. The highest BCUT2D eigenvalue weighted by Gasteiger charge is 2.34. The third kappa shape index (κ3) is 3.33. The topological polar surface area (TPSA) is 15.6 Å². The molecule has 1 unspecified atom stereocenters. The van der Waals surface area contributed by atoms with Crippen LogP contribution in [0, 0.1) is 19.7 Å². The molecule has 1 aliphatic heterocycles. The van der Waals surface area contributed by atoms with Crippen molar-refractivity contribution in [2.75, 3.05) is 11.9 Å². The van der Waals surface area contributed by atoms with Gasteiger partial charge < -0.3 is 4.90 Å². The predicted octanol–water partition coefficient (Wildman–Crippen LogP) is 5.92. The van der Waals surface area contributed by atoms with Crippen molar-refractivity contribution in [2.45, 2.75) is 52.5 Å². The van der Waals surface area contributed by atoms with E-state index in [2.05, 4.69) is 44.5 Å². The van der Waals surface area contributed by atoms with Crippen molar-refractivity contribution in [1.29, 1.82) is 0 Å². The number of fused-ring (bicyclic) bond motifs is 1. The average molecular weight is 338 g/mol. The number of halogens is 1. The van der Waals surface area contributed by atoms with E-state index in [9.17, 15) is 4.39 Å². The Hall–Kier alpha value is -2.16. The largest absolute Gasteiger partial charge is 0.369 e. The number of rotatable bonds is 2. The molecule has 0 aromatic heterocycles. The Balaban J connectivity index is 1.98. The Bertz CT molecular complexity index is 836. The number of hydrogen-bond donors (Lipinski definition) is 0. The minimum absolute atomic E-state index is 0.0356. The van der Waals surface area contributed by atoms with Gasteiger partial charge in [-0.05, 0) is 81.0 Å². The van der Waals surface area contributed by atoms with Crippen molar-refractivity contribution in [2.24, 2.45) is 4.99 Å². The van der Waals surface area contributed by atoms with Crippen molar-refractivity contribution in [3.63, 3.8) is 0 Å². The van der Waals surface area contributed by atoms with Crippen LogP contribution in [0.1, 0.15) is 55.4 Å². The first-order valence-electron chi connectivity index (χ1n) is 8.87. The smallest absolute Gasteiger partial charge is 0.134 e. The Morgan fingerprint density at radius 2 is 1.88 bits per heavy atom. The van der Waals surface area contributed by atoms with E-state index in [1.165, 1.54) is 16.7 Å². The minimum atomic E-state index is -0.219. The zero-order valence-corrected chi connectivity index (χ0v) is 16.0. The second-order valence-electron chi connectivity index (χ2n) is 7.94. The van der Waals surface area contributed by atoms with Crippen LogP contribution < -0.4 is 4.90 Å². The SMILES string of the molecule is Cc1ccc(N=Cc2cc3c(cc2F)N(C)C(C)(C)CC3C)cc1C. The summed E-state index contributed by atoms with van der Waals surface area (Å²) in [6.07, 6.45) is 2.70. The van der Waals surface area contributed by atoms with Gasteiger partial charge in [0.1, 0.15) is 5.82 Å². The third-order valence-corrected chi connectivity index (χ3v) is 5.60. The van der Waals surface area contributed by atoms with Gasteiger partial charge in [-0.25, -0.2) is 4.39 Å². The van der Waals surface area contributed by atoms with Crippen LogP contribution in [0.25, 0.3) is 0 Å². The molecule has 132 valence electrons. The average Bonchev–Trinajstić information content (AvgIpc) is 2.54. The lowest BCUT2D eigenvalue weighted by Gasteiger charge is -2.45. The van der Waals surface area contributed by atoms with E-state index in [0.717, 1.165) is 17.8 Å². The fraction of sp³-hybridized carbons (Fsp3) is 0.409. The maximum Gasteiger partial charge on any atom is 0.134 e. The van der Waals surface area contributed by atoms with Gasteiger partial charge in [-0.1, -0.05) is 13.0 Å². The highest BCUT2D eigenvalue weighted by atomic mass is 19.1. The summed E-state index contributed by atoms with van der Waals surface area (Å²) in [6.45, 7) is 10.8. The number of hydrogen-bond acceptors (Lipinski definition) is 2. The highest BCUT2D eigenvalue weighted by Crippen LogP contribution is 2.43. The summed E-state index contributed by atoms with van der Waals surface area (Å²) >= 11 is 0. The molecule has 0 amide bonds. The third-order valence-electron chi connectivity index (χ3n) is 5.60. The Kier molecular flexibility index (Phi) is 4.44. The van der Waals surface area contributed by atoms with Crippen molar-refractivity contribution in [3.8, 4) is 0 Å². The first-order chi connectivity index (χ1) is 11.7. The monoisotopic (exact) mass is 338 g/mol. The van der Waals surface area contributed by atoms with Gasteiger partial charge in [-0.15, -0.1) is 0 Å². The van der Waals surface area contributed by atoms with E-state index in [0.29, 0.717) is 11.5 Å². The molecule has 0 radical (unpaired) electrons. The molecular weight excluding hydrogens is 311 g/mol. The summed E-state index contributed by atoms with van der Waals surface area (Å²) in [4.78, 5) is 6.67. The van der Waals surface area contributed by atoms with E-state index in [1.807, 2.05) is 31.3 Å². The minimum Gasteiger partial charge on any atom is -0.369 e. The molecule has 0 saturated heterocycles. The van der Waals surface area contributed by atoms with Gasteiger partial charge >= 0.3 is 0 Å². The number of nitrogens with zero attached hydrogens (tertiary/aromatic N) is 2. The lowest BCUT2D eigenvalue weighted by atomic mass is 9.80. The Labute approximate surface area is 150 Å². The molecule has 0 saturated carbocycles. The highest BCUT2D eigenvalue weighted by molar-refractivity contribution is 5.84. The van der Waals surface area contributed by atoms with Gasteiger partial charge in [0.25, 0.3) is 0 Å². The molecule has 1 aliphatic rings. The Morgan fingerprint density at radius 3 is 2.56 bits per heavy atom. The molecule has 2 nitrogen and oxygen atoms in total. The first-order valence-corrected chi connectivity index (χ1v) is 8.87. The van der Waals surface area contributed by atoms with Crippen molar-refractivity contribution >= 4 is 17.6 Å². The van der Waals surface area contributed by atoms with Crippen LogP contribution in [0.3, 0.4) is 0 Å². The number of benzene rings is 2. The lowest BCUT2D eigenvalue weighted by Crippen LogP contribution is -2.45. The predicted molar refractivity (Wildman–Crippen MR) is 105 cm³/mol. The fourth-order valence-electron chi connectivity index (χ4n) is 3.65. The maximum atomic E-state index is 14.7.